The number of thioether (sulfide) groups is 1. The highest BCUT2D eigenvalue weighted by atomic mass is 32.2. The van der Waals surface area contributed by atoms with Crippen LogP contribution in [0, 0.1) is 0 Å². The molecule has 0 amide bonds. The quantitative estimate of drug-likeness (QED) is 0.435. The normalized spacial score (nSPS) is 11.9. The van der Waals surface area contributed by atoms with Crippen molar-refractivity contribution in [1.82, 2.24) is 14.1 Å². The van der Waals surface area contributed by atoms with Gasteiger partial charge in [0.2, 0.25) is 0 Å². The van der Waals surface area contributed by atoms with E-state index in [2.05, 4.69) is 4.98 Å². The molecule has 0 N–H and O–H groups in total. The Morgan fingerprint density at radius 3 is 2.50 bits per heavy atom. The number of fused-ring (bicyclic) bond motifs is 1. The Hall–Kier alpha value is -2.46. The summed E-state index contributed by atoms with van der Waals surface area (Å²) in [6, 6.07) is 7.53. The SMILES string of the molecule is CCSc1nc2c(ccn2COC)c(=O)n1-c1ccc(OCC(F)(F)F)cc1. The molecule has 2 aromatic heterocycles. The van der Waals surface area contributed by atoms with Crippen molar-refractivity contribution in [2.24, 2.45) is 0 Å². The highest BCUT2D eigenvalue weighted by molar-refractivity contribution is 7.99. The maximum Gasteiger partial charge on any atom is 0.422 e. The fourth-order valence-electron chi connectivity index (χ4n) is 2.66. The predicted octanol–water partition coefficient (Wildman–Crippen LogP) is 3.84. The van der Waals surface area contributed by atoms with Gasteiger partial charge in [-0.15, -0.1) is 0 Å². The summed E-state index contributed by atoms with van der Waals surface area (Å²) in [5, 5.41) is 0.912. The summed E-state index contributed by atoms with van der Waals surface area (Å²) in [5.74, 6) is 0.759. The van der Waals surface area contributed by atoms with Gasteiger partial charge in [-0.1, -0.05) is 18.7 Å². The van der Waals surface area contributed by atoms with Crippen molar-refractivity contribution in [3.8, 4) is 11.4 Å². The smallest absolute Gasteiger partial charge is 0.422 e. The topological polar surface area (TPSA) is 58.3 Å². The fourth-order valence-corrected chi connectivity index (χ4v) is 3.38. The lowest BCUT2D eigenvalue weighted by molar-refractivity contribution is -0.153. The Kier molecular flexibility index (Phi) is 5.99. The number of ether oxygens (including phenoxy) is 2. The van der Waals surface area contributed by atoms with Crippen LogP contribution in [0.5, 0.6) is 5.75 Å². The fraction of sp³-hybridized carbons (Fsp3) is 0.333. The highest BCUT2D eigenvalue weighted by Gasteiger charge is 2.28. The summed E-state index contributed by atoms with van der Waals surface area (Å²) in [4.78, 5) is 17.7. The average Bonchev–Trinajstić information content (AvgIpc) is 3.04. The van der Waals surface area contributed by atoms with Gasteiger partial charge in [0.05, 0.1) is 11.1 Å². The van der Waals surface area contributed by atoms with E-state index >= 15 is 0 Å². The highest BCUT2D eigenvalue weighted by Crippen LogP contribution is 2.24. The van der Waals surface area contributed by atoms with Gasteiger partial charge in [-0.25, -0.2) is 4.98 Å². The van der Waals surface area contributed by atoms with Crippen LogP contribution in [0.4, 0.5) is 13.2 Å². The molecular weight excluding hydrogens is 395 g/mol. The van der Waals surface area contributed by atoms with Crippen LogP contribution in [-0.2, 0) is 11.5 Å². The zero-order chi connectivity index (χ0) is 20.3. The van der Waals surface area contributed by atoms with E-state index < -0.39 is 12.8 Å². The van der Waals surface area contributed by atoms with Crippen molar-refractivity contribution in [2.75, 3.05) is 19.5 Å². The van der Waals surface area contributed by atoms with Crippen LogP contribution in [0.3, 0.4) is 0 Å². The van der Waals surface area contributed by atoms with E-state index in [0.717, 1.165) is 0 Å². The molecule has 0 bridgehead atoms. The Bertz CT molecular complexity index is 1010. The van der Waals surface area contributed by atoms with Gasteiger partial charge >= 0.3 is 6.18 Å². The maximum absolute atomic E-state index is 13.1. The van der Waals surface area contributed by atoms with Gasteiger partial charge in [-0.3, -0.25) is 9.36 Å². The molecule has 0 radical (unpaired) electrons. The molecule has 0 saturated heterocycles. The van der Waals surface area contributed by atoms with Crippen LogP contribution < -0.4 is 10.3 Å². The third-order valence-electron chi connectivity index (χ3n) is 3.80. The molecule has 0 atom stereocenters. The van der Waals surface area contributed by atoms with Crippen molar-refractivity contribution in [3.05, 3.63) is 46.9 Å². The number of alkyl halides is 3. The van der Waals surface area contributed by atoms with Gasteiger partial charge in [0, 0.05) is 13.3 Å². The molecule has 6 nitrogen and oxygen atoms in total. The summed E-state index contributed by atoms with van der Waals surface area (Å²) >= 11 is 1.39. The lowest BCUT2D eigenvalue weighted by Crippen LogP contribution is -2.22. The van der Waals surface area contributed by atoms with Gasteiger partial charge in [0.15, 0.2) is 11.8 Å². The van der Waals surface area contributed by atoms with Crippen LogP contribution >= 0.6 is 11.8 Å². The molecule has 3 aromatic rings. The zero-order valence-corrected chi connectivity index (χ0v) is 16.0. The molecule has 0 aliphatic rings. The lowest BCUT2D eigenvalue weighted by atomic mass is 10.3. The molecule has 0 saturated carbocycles. The van der Waals surface area contributed by atoms with Gasteiger partial charge in [0.25, 0.3) is 5.56 Å². The monoisotopic (exact) mass is 413 g/mol. The minimum absolute atomic E-state index is 0.0686. The lowest BCUT2D eigenvalue weighted by Gasteiger charge is -2.14. The summed E-state index contributed by atoms with van der Waals surface area (Å²) in [6.07, 6.45) is -2.69. The molecule has 0 aliphatic heterocycles. The van der Waals surface area contributed by atoms with Crippen LogP contribution in [0.25, 0.3) is 16.7 Å². The van der Waals surface area contributed by atoms with Crippen LogP contribution in [0.2, 0.25) is 0 Å². The second-order valence-electron chi connectivity index (χ2n) is 5.81. The molecule has 28 heavy (non-hydrogen) atoms. The van der Waals surface area contributed by atoms with E-state index in [1.54, 1.807) is 23.9 Å². The number of nitrogens with zero attached hydrogens (tertiary/aromatic N) is 3. The number of rotatable bonds is 7. The number of hydrogen-bond donors (Lipinski definition) is 0. The summed E-state index contributed by atoms with van der Waals surface area (Å²) in [5.41, 5.74) is 0.748. The largest absolute Gasteiger partial charge is 0.484 e. The van der Waals surface area contributed by atoms with Crippen LogP contribution in [0.1, 0.15) is 6.92 Å². The second-order valence-corrected chi connectivity index (χ2v) is 7.04. The van der Waals surface area contributed by atoms with Gasteiger partial charge in [0.1, 0.15) is 18.1 Å². The number of aromatic nitrogens is 3. The first-order valence-electron chi connectivity index (χ1n) is 8.37. The Morgan fingerprint density at radius 2 is 1.89 bits per heavy atom. The molecule has 150 valence electrons. The molecule has 1 aromatic carbocycles. The average molecular weight is 413 g/mol. The number of benzene rings is 1. The first-order valence-corrected chi connectivity index (χ1v) is 9.36. The van der Waals surface area contributed by atoms with E-state index in [1.165, 1.54) is 40.6 Å². The van der Waals surface area contributed by atoms with Crippen molar-refractivity contribution in [2.45, 2.75) is 25.0 Å². The molecular formula is C18H18F3N3O3S. The molecule has 3 rings (SSSR count). The van der Waals surface area contributed by atoms with E-state index in [9.17, 15) is 18.0 Å². The third-order valence-corrected chi connectivity index (χ3v) is 4.62. The van der Waals surface area contributed by atoms with Crippen molar-refractivity contribution in [3.63, 3.8) is 0 Å². The Labute approximate surface area is 162 Å². The Balaban J connectivity index is 2.03. The first-order chi connectivity index (χ1) is 13.3. The van der Waals surface area contributed by atoms with Crippen LogP contribution in [-0.4, -0.2) is 39.8 Å². The second kappa shape index (κ2) is 8.27. The third kappa shape index (κ3) is 4.33. The van der Waals surface area contributed by atoms with Crippen LogP contribution in [0.15, 0.2) is 46.5 Å². The minimum Gasteiger partial charge on any atom is -0.484 e. The number of halogens is 3. The summed E-state index contributed by atoms with van der Waals surface area (Å²) in [7, 11) is 1.55. The number of methoxy groups -OCH3 is 1. The summed E-state index contributed by atoms with van der Waals surface area (Å²) < 4.78 is 49.9. The standard InChI is InChI=1S/C18H18F3N3O3S/c1-3-28-17-22-15-14(8-9-23(15)11-26-2)16(25)24(17)12-4-6-13(7-5-12)27-10-18(19,20)21/h4-9H,3,10-11H2,1-2H3. The maximum atomic E-state index is 13.1. The van der Waals surface area contributed by atoms with E-state index in [-0.39, 0.29) is 18.0 Å². The molecule has 2 heterocycles. The summed E-state index contributed by atoms with van der Waals surface area (Å²) in [6.45, 7) is 0.832. The van der Waals surface area contributed by atoms with E-state index in [4.69, 9.17) is 9.47 Å². The van der Waals surface area contributed by atoms with Gasteiger partial charge in [-0.2, -0.15) is 13.2 Å². The Morgan fingerprint density at radius 1 is 1.18 bits per heavy atom. The van der Waals surface area contributed by atoms with Gasteiger partial charge < -0.3 is 14.0 Å². The molecule has 0 spiro atoms. The first kappa shape index (κ1) is 20.3. The minimum atomic E-state index is -4.41. The van der Waals surface area contributed by atoms with Crippen molar-refractivity contribution in [1.29, 1.82) is 0 Å². The zero-order valence-electron chi connectivity index (χ0n) is 15.2. The molecule has 10 heteroatoms. The van der Waals surface area contributed by atoms with Crippen molar-refractivity contribution >= 4 is 22.8 Å². The predicted molar refractivity (Wildman–Crippen MR) is 100 cm³/mol. The van der Waals surface area contributed by atoms with Crippen molar-refractivity contribution < 1.29 is 22.6 Å². The van der Waals surface area contributed by atoms with E-state index in [1.807, 2.05) is 6.92 Å². The van der Waals surface area contributed by atoms with E-state index in [0.29, 0.717) is 27.6 Å². The van der Waals surface area contributed by atoms with Gasteiger partial charge in [-0.05, 0) is 36.1 Å². The molecule has 0 aliphatic carbocycles. The molecule has 0 unspecified atom stereocenters. The number of hydrogen-bond acceptors (Lipinski definition) is 5. The molecule has 0 fully saturated rings.